The first-order valence-corrected chi connectivity index (χ1v) is 7.85. The van der Waals surface area contributed by atoms with Crippen LogP contribution in [0.25, 0.3) is 0 Å². The largest absolute Gasteiger partial charge is 0.353 e. The standard InChI is InChI=1S/C16H30N2O2/c1-6-11(2)17-14(19)12-7-9-13(10-8-12)15(20)18-16(3,4)5/h11-13H,6-10H2,1-5H3,(H,17,19)(H,18,20). The van der Waals surface area contributed by atoms with Crippen LogP contribution in [-0.2, 0) is 9.59 Å². The fourth-order valence-corrected chi connectivity index (χ4v) is 2.55. The molecule has 1 atom stereocenters. The van der Waals surface area contributed by atoms with E-state index in [1.54, 1.807) is 0 Å². The van der Waals surface area contributed by atoms with Gasteiger partial charge < -0.3 is 10.6 Å². The molecular weight excluding hydrogens is 252 g/mol. The lowest BCUT2D eigenvalue weighted by atomic mass is 9.80. The molecule has 0 bridgehead atoms. The lowest BCUT2D eigenvalue weighted by Crippen LogP contribution is -2.45. The average Bonchev–Trinajstić information content (AvgIpc) is 2.36. The lowest BCUT2D eigenvalue weighted by Gasteiger charge is -2.30. The van der Waals surface area contributed by atoms with Gasteiger partial charge in [-0.25, -0.2) is 0 Å². The number of carbonyl (C=O) groups is 2. The normalized spacial score (nSPS) is 24.9. The molecule has 2 N–H and O–H groups in total. The number of hydrogen-bond donors (Lipinski definition) is 2. The highest BCUT2D eigenvalue weighted by atomic mass is 16.2. The summed E-state index contributed by atoms with van der Waals surface area (Å²) in [6, 6.07) is 0.240. The van der Waals surface area contributed by atoms with Gasteiger partial charge in [0.15, 0.2) is 0 Å². The highest BCUT2D eigenvalue weighted by molar-refractivity contribution is 5.81. The van der Waals surface area contributed by atoms with Crippen LogP contribution < -0.4 is 10.6 Å². The van der Waals surface area contributed by atoms with Gasteiger partial charge >= 0.3 is 0 Å². The zero-order valence-corrected chi connectivity index (χ0v) is 13.6. The van der Waals surface area contributed by atoms with Gasteiger partial charge in [-0.05, 0) is 59.8 Å². The molecule has 0 spiro atoms. The van der Waals surface area contributed by atoms with E-state index in [1.165, 1.54) is 0 Å². The Labute approximate surface area is 123 Å². The second-order valence-corrected chi connectivity index (χ2v) is 7.11. The van der Waals surface area contributed by atoms with Crippen LogP contribution in [0.1, 0.15) is 66.7 Å². The molecule has 4 heteroatoms. The highest BCUT2D eigenvalue weighted by Crippen LogP contribution is 2.29. The van der Waals surface area contributed by atoms with Crippen LogP contribution in [0.5, 0.6) is 0 Å². The maximum absolute atomic E-state index is 12.1. The fourth-order valence-electron chi connectivity index (χ4n) is 2.55. The van der Waals surface area contributed by atoms with E-state index in [4.69, 9.17) is 0 Å². The zero-order valence-electron chi connectivity index (χ0n) is 13.6. The zero-order chi connectivity index (χ0) is 15.3. The third-order valence-corrected chi connectivity index (χ3v) is 3.97. The quantitative estimate of drug-likeness (QED) is 0.832. The number of nitrogens with one attached hydrogen (secondary N) is 2. The Morgan fingerprint density at radius 3 is 1.90 bits per heavy atom. The van der Waals surface area contributed by atoms with Crippen LogP contribution >= 0.6 is 0 Å². The summed E-state index contributed by atoms with van der Waals surface area (Å²) in [5, 5.41) is 6.08. The molecule has 1 rings (SSSR count). The molecule has 0 aliphatic heterocycles. The molecule has 0 aromatic carbocycles. The van der Waals surface area contributed by atoms with Gasteiger partial charge in [-0.15, -0.1) is 0 Å². The van der Waals surface area contributed by atoms with Crippen LogP contribution in [0.2, 0.25) is 0 Å². The number of carbonyl (C=O) groups excluding carboxylic acids is 2. The molecule has 2 amide bonds. The first kappa shape index (κ1) is 17.0. The van der Waals surface area contributed by atoms with Crippen molar-refractivity contribution in [3.8, 4) is 0 Å². The van der Waals surface area contributed by atoms with Crippen LogP contribution in [-0.4, -0.2) is 23.4 Å². The summed E-state index contributed by atoms with van der Waals surface area (Å²) in [4.78, 5) is 24.2. The number of rotatable bonds is 4. The topological polar surface area (TPSA) is 58.2 Å². The van der Waals surface area contributed by atoms with E-state index in [1.807, 2.05) is 27.7 Å². The minimum atomic E-state index is -0.179. The second kappa shape index (κ2) is 7.09. The SMILES string of the molecule is CCC(C)NC(=O)C1CCC(C(=O)NC(C)(C)C)CC1. The smallest absolute Gasteiger partial charge is 0.223 e. The van der Waals surface area contributed by atoms with Crippen molar-refractivity contribution < 1.29 is 9.59 Å². The molecule has 0 heterocycles. The van der Waals surface area contributed by atoms with E-state index >= 15 is 0 Å². The minimum absolute atomic E-state index is 0.0712. The van der Waals surface area contributed by atoms with Gasteiger partial charge in [0.1, 0.15) is 0 Å². The van der Waals surface area contributed by atoms with E-state index in [2.05, 4.69) is 17.6 Å². The maximum Gasteiger partial charge on any atom is 0.223 e. The van der Waals surface area contributed by atoms with Crippen LogP contribution in [0.15, 0.2) is 0 Å². The molecule has 0 radical (unpaired) electrons. The van der Waals surface area contributed by atoms with Crippen LogP contribution in [0, 0.1) is 11.8 Å². The van der Waals surface area contributed by atoms with Crippen LogP contribution in [0.4, 0.5) is 0 Å². The second-order valence-electron chi connectivity index (χ2n) is 7.11. The number of amides is 2. The Balaban J connectivity index is 2.40. The average molecular weight is 282 g/mol. The summed E-state index contributed by atoms with van der Waals surface area (Å²) in [6.07, 6.45) is 4.24. The summed E-state index contributed by atoms with van der Waals surface area (Å²) >= 11 is 0. The lowest BCUT2D eigenvalue weighted by molar-refractivity contribution is -0.131. The van der Waals surface area contributed by atoms with Crippen molar-refractivity contribution in [3.63, 3.8) is 0 Å². The molecular formula is C16H30N2O2. The molecule has 1 aliphatic rings. The summed E-state index contributed by atoms with van der Waals surface area (Å²) in [5.74, 6) is 0.455. The number of hydrogen-bond acceptors (Lipinski definition) is 2. The monoisotopic (exact) mass is 282 g/mol. The first-order chi connectivity index (χ1) is 9.23. The van der Waals surface area contributed by atoms with Gasteiger partial charge in [0, 0.05) is 23.4 Å². The molecule has 20 heavy (non-hydrogen) atoms. The third kappa shape index (κ3) is 5.51. The first-order valence-electron chi connectivity index (χ1n) is 7.85. The predicted octanol–water partition coefficient (Wildman–Crippen LogP) is 2.62. The Hall–Kier alpha value is -1.06. The van der Waals surface area contributed by atoms with Gasteiger partial charge in [0.25, 0.3) is 0 Å². The van der Waals surface area contributed by atoms with Gasteiger partial charge in [-0.1, -0.05) is 6.92 Å². The van der Waals surface area contributed by atoms with Crippen molar-refractivity contribution in [1.29, 1.82) is 0 Å². The molecule has 0 aromatic heterocycles. The van der Waals surface area contributed by atoms with E-state index in [9.17, 15) is 9.59 Å². The Morgan fingerprint density at radius 2 is 1.50 bits per heavy atom. The van der Waals surface area contributed by atoms with E-state index in [-0.39, 0.29) is 35.2 Å². The van der Waals surface area contributed by atoms with Gasteiger partial charge in [-0.2, -0.15) is 0 Å². The molecule has 1 aliphatic carbocycles. The molecule has 0 saturated heterocycles. The Bertz CT molecular complexity index is 339. The van der Waals surface area contributed by atoms with Crippen molar-refractivity contribution >= 4 is 11.8 Å². The molecule has 116 valence electrons. The van der Waals surface area contributed by atoms with Crippen molar-refractivity contribution in [2.24, 2.45) is 11.8 Å². The fraction of sp³-hybridized carbons (Fsp3) is 0.875. The van der Waals surface area contributed by atoms with Crippen molar-refractivity contribution in [1.82, 2.24) is 10.6 Å². The summed E-state index contributed by atoms with van der Waals surface area (Å²) in [6.45, 7) is 10.1. The maximum atomic E-state index is 12.1. The Morgan fingerprint density at radius 1 is 1.05 bits per heavy atom. The van der Waals surface area contributed by atoms with Crippen molar-refractivity contribution in [2.75, 3.05) is 0 Å². The van der Waals surface area contributed by atoms with E-state index in [0.717, 1.165) is 32.1 Å². The highest BCUT2D eigenvalue weighted by Gasteiger charge is 2.31. The summed E-state index contributed by atoms with van der Waals surface area (Å²) in [7, 11) is 0. The van der Waals surface area contributed by atoms with Gasteiger partial charge in [-0.3, -0.25) is 9.59 Å². The van der Waals surface area contributed by atoms with Crippen LogP contribution in [0.3, 0.4) is 0 Å². The third-order valence-electron chi connectivity index (χ3n) is 3.97. The molecule has 1 unspecified atom stereocenters. The van der Waals surface area contributed by atoms with Crippen molar-refractivity contribution in [2.45, 2.75) is 78.3 Å². The van der Waals surface area contributed by atoms with Crippen molar-refractivity contribution in [3.05, 3.63) is 0 Å². The van der Waals surface area contributed by atoms with Gasteiger partial charge in [0.05, 0.1) is 0 Å². The summed E-state index contributed by atoms with van der Waals surface area (Å²) in [5.41, 5.74) is -0.179. The molecule has 0 aromatic rings. The van der Waals surface area contributed by atoms with Gasteiger partial charge in [0.2, 0.25) is 11.8 Å². The summed E-state index contributed by atoms with van der Waals surface area (Å²) < 4.78 is 0. The molecule has 1 saturated carbocycles. The minimum Gasteiger partial charge on any atom is -0.353 e. The Kier molecular flexibility index (Phi) is 6.03. The van der Waals surface area contributed by atoms with E-state index in [0.29, 0.717) is 0 Å². The predicted molar refractivity (Wildman–Crippen MR) is 81.2 cm³/mol. The molecule has 4 nitrogen and oxygen atoms in total. The molecule has 1 fully saturated rings. The van der Waals surface area contributed by atoms with E-state index < -0.39 is 0 Å².